The molecule has 34 heavy (non-hydrogen) atoms. The minimum absolute atomic E-state index is 0.132. The molecule has 1 aliphatic rings. The number of aromatic nitrogens is 3. The largest absolute Gasteiger partial charge is 0.484 e. The number of nitriles is 1. The summed E-state index contributed by atoms with van der Waals surface area (Å²) < 4.78 is 7.61. The van der Waals surface area contributed by atoms with Gasteiger partial charge in [0.1, 0.15) is 23.4 Å². The highest BCUT2D eigenvalue weighted by atomic mass is 35.5. The molecule has 11 heteroatoms. The Bertz CT molecular complexity index is 1270. The average molecular weight is 534 g/mol. The van der Waals surface area contributed by atoms with Crippen LogP contribution >= 0.6 is 46.3 Å². The monoisotopic (exact) mass is 533 g/mol. The fraction of sp³-hybridized carbons (Fsp3) is 0.304. The van der Waals surface area contributed by atoms with Crippen molar-refractivity contribution in [3.8, 4) is 11.8 Å². The maximum absolute atomic E-state index is 12.7. The number of nitrogens with zero attached hydrogens (tertiary/aromatic N) is 4. The minimum atomic E-state index is -0.195. The van der Waals surface area contributed by atoms with Crippen molar-refractivity contribution in [2.45, 2.75) is 44.0 Å². The van der Waals surface area contributed by atoms with Crippen LogP contribution in [-0.2, 0) is 30.8 Å². The lowest BCUT2D eigenvalue weighted by Gasteiger charge is -2.10. The van der Waals surface area contributed by atoms with Gasteiger partial charge in [0.2, 0.25) is 5.91 Å². The maximum atomic E-state index is 12.7. The maximum Gasteiger partial charge on any atom is 0.235 e. The first-order valence-corrected chi connectivity index (χ1v) is 13.1. The van der Waals surface area contributed by atoms with Gasteiger partial charge in [-0.3, -0.25) is 9.36 Å². The van der Waals surface area contributed by atoms with Crippen molar-refractivity contribution in [2.24, 2.45) is 0 Å². The SMILES string of the molecule is C=CCn1c(COc2ccc(Cl)cc2Cl)nnc1SCC(=O)Nc1sc2c(c1C#N)CCCC2. The number of amides is 1. The number of fused-ring (bicyclic) bond motifs is 1. The standard InChI is InChI=1S/C23H21Cl2N5O2S2/c1-2-9-30-20(12-32-18-8-7-14(24)10-17(18)25)28-29-23(30)33-13-21(31)27-22-16(11-26)15-5-3-4-6-19(15)34-22/h2,7-8,10H,1,3-6,9,12-13H2,(H,27,31). The first kappa shape index (κ1) is 24.6. The number of nitrogens with one attached hydrogen (secondary N) is 1. The molecule has 176 valence electrons. The number of rotatable bonds is 9. The van der Waals surface area contributed by atoms with Gasteiger partial charge in [0, 0.05) is 16.4 Å². The predicted molar refractivity (Wildman–Crippen MR) is 136 cm³/mol. The molecule has 1 aromatic carbocycles. The summed E-state index contributed by atoms with van der Waals surface area (Å²) in [6, 6.07) is 7.26. The van der Waals surface area contributed by atoms with Crippen LogP contribution in [0.2, 0.25) is 10.0 Å². The molecule has 0 unspecified atom stereocenters. The average Bonchev–Trinajstić information content (AvgIpc) is 3.37. The molecule has 3 aromatic rings. The molecule has 1 N–H and O–H groups in total. The van der Waals surface area contributed by atoms with Crippen LogP contribution in [0, 0.1) is 11.3 Å². The summed E-state index contributed by atoms with van der Waals surface area (Å²) in [5, 5.41) is 23.1. The van der Waals surface area contributed by atoms with Crippen LogP contribution in [0.25, 0.3) is 0 Å². The second-order valence-electron chi connectivity index (χ2n) is 7.53. The zero-order chi connectivity index (χ0) is 24.1. The molecule has 1 aliphatic carbocycles. The second kappa shape index (κ2) is 11.3. The van der Waals surface area contributed by atoms with Gasteiger partial charge in [-0.1, -0.05) is 41.0 Å². The van der Waals surface area contributed by atoms with E-state index in [-0.39, 0.29) is 18.3 Å². The molecule has 2 aromatic heterocycles. The highest BCUT2D eigenvalue weighted by Crippen LogP contribution is 2.37. The fourth-order valence-corrected chi connectivity index (χ4v) is 6.13. The van der Waals surface area contributed by atoms with E-state index in [0.29, 0.717) is 43.9 Å². The summed E-state index contributed by atoms with van der Waals surface area (Å²) in [5.41, 5.74) is 1.70. The molecular weight excluding hydrogens is 513 g/mol. The van der Waals surface area contributed by atoms with E-state index in [1.807, 2.05) is 4.57 Å². The molecule has 0 radical (unpaired) electrons. The number of thioether (sulfide) groups is 1. The molecule has 0 bridgehead atoms. The van der Waals surface area contributed by atoms with Crippen LogP contribution in [0.3, 0.4) is 0 Å². The smallest absolute Gasteiger partial charge is 0.235 e. The lowest BCUT2D eigenvalue weighted by Crippen LogP contribution is -2.15. The van der Waals surface area contributed by atoms with E-state index in [1.54, 1.807) is 24.3 Å². The van der Waals surface area contributed by atoms with Gasteiger partial charge < -0.3 is 10.1 Å². The van der Waals surface area contributed by atoms with Crippen LogP contribution < -0.4 is 10.1 Å². The number of carbonyl (C=O) groups excluding carboxylic acids is 1. The topological polar surface area (TPSA) is 92.8 Å². The summed E-state index contributed by atoms with van der Waals surface area (Å²) in [6.07, 6.45) is 5.79. The van der Waals surface area contributed by atoms with E-state index < -0.39 is 0 Å². The fourth-order valence-electron chi connectivity index (χ4n) is 3.64. The highest BCUT2D eigenvalue weighted by Gasteiger charge is 2.22. The number of carbonyl (C=O) groups is 1. The number of thiophene rings is 1. The number of hydrogen-bond donors (Lipinski definition) is 1. The first-order valence-electron chi connectivity index (χ1n) is 10.6. The van der Waals surface area contributed by atoms with E-state index in [2.05, 4.69) is 28.2 Å². The van der Waals surface area contributed by atoms with E-state index in [9.17, 15) is 10.1 Å². The Kier molecular flexibility index (Phi) is 8.16. The highest BCUT2D eigenvalue weighted by molar-refractivity contribution is 7.99. The van der Waals surface area contributed by atoms with Gasteiger partial charge in [0.05, 0.1) is 16.3 Å². The number of hydrogen-bond acceptors (Lipinski definition) is 7. The number of ether oxygens (including phenoxy) is 1. The number of aryl methyl sites for hydroxylation is 1. The first-order chi connectivity index (χ1) is 16.5. The predicted octanol–water partition coefficient (Wildman–Crippen LogP) is 5.89. The third-order valence-corrected chi connectivity index (χ3v) is 7.93. The summed E-state index contributed by atoms with van der Waals surface area (Å²) in [7, 11) is 0. The van der Waals surface area contributed by atoms with Crippen LogP contribution in [0.5, 0.6) is 5.75 Å². The Morgan fingerprint density at radius 1 is 1.35 bits per heavy atom. The molecule has 0 spiro atoms. The molecule has 0 fully saturated rings. The van der Waals surface area contributed by atoms with Gasteiger partial charge in [0.15, 0.2) is 11.0 Å². The molecule has 1 amide bonds. The van der Waals surface area contributed by atoms with Gasteiger partial charge >= 0.3 is 0 Å². The number of halogens is 2. The van der Waals surface area contributed by atoms with Crippen LogP contribution in [0.1, 0.15) is 34.7 Å². The van der Waals surface area contributed by atoms with Crippen molar-refractivity contribution in [3.63, 3.8) is 0 Å². The number of allylic oxidation sites excluding steroid dienone is 1. The molecule has 0 saturated heterocycles. The van der Waals surface area contributed by atoms with E-state index in [4.69, 9.17) is 27.9 Å². The molecule has 2 heterocycles. The van der Waals surface area contributed by atoms with E-state index >= 15 is 0 Å². The Hall–Kier alpha value is -2.51. The quantitative estimate of drug-likeness (QED) is 0.272. The lowest BCUT2D eigenvalue weighted by atomic mass is 9.96. The Morgan fingerprint density at radius 2 is 2.18 bits per heavy atom. The summed E-state index contributed by atoms with van der Waals surface area (Å²) >= 11 is 14.9. The molecular formula is C23H21Cl2N5O2S2. The Balaban J connectivity index is 1.40. The molecule has 0 saturated carbocycles. The van der Waals surface area contributed by atoms with Gasteiger partial charge in [-0.2, -0.15) is 5.26 Å². The van der Waals surface area contributed by atoms with Crippen molar-refractivity contribution in [1.82, 2.24) is 14.8 Å². The third kappa shape index (κ3) is 5.58. The third-order valence-electron chi connectivity index (χ3n) is 5.22. The van der Waals surface area contributed by atoms with Gasteiger partial charge in [-0.15, -0.1) is 28.1 Å². The van der Waals surface area contributed by atoms with Crippen molar-refractivity contribution >= 4 is 57.2 Å². The van der Waals surface area contributed by atoms with Gasteiger partial charge in [-0.05, 0) is 49.4 Å². The minimum Gasteiger partial charge on any atom is -0.484 e. The van der Waals surface area contributed by atoms with Crippen molar-refractivity contribution in [3.05, 3.63) is 62.7 Å². The molecule has 0 atom stereocenters. The molecule has 7 nitrogen and oxygen atoms in total. The summed E-state index contributed by atoms with van der Waals surface area (Å²) in [6.45, 7) is 4.39. The van der Waals surface area contributed by atoms with Crippen LogP contribution in [-0.4, -0.2) is 26.4 Å². The summed E-state index contributed by atoms with van der Waals surface area (Å²) in [4.78, 5) is 13.9. The van der Waals surface area contributed by atoms with Crippen molar-refractivity contribution < 1.29 is 9.53 Å². The number of anilines is 1. The zero-order valence-electron chi connectivity index (χ0n) is 18.1. The Labute approximate surface area is 215 Å². The summed E-state index contributed by atoms with van der Waals surface area (Å²) in [5.74, 6) is 0.998. The van der Waals surface area contributed by atoms with E-state index in [0.717, 1.165) is 31.2 Å². The van der Waals surface area contributed by atoms with E-state index in [1.165, 1.54) is 28.0 Å². The Morgan fingerprint density at radius 3 is 2.94 bits per heavy atom. The normalized spacial score (nSPS) is 12.6. The van der Waals surface area contributed by atoms with Crippen molar-refractivity contribution in [2.75, 3.05) is 11.1 Å². The van der Waals surface area contributed by atoms with Gasteiger partial charge in [0.25, 0.3) is 0 Å². The lowest BCUT2D eigenvalue weighted by molar-refractivity contribution is -0.113. The van der Waals surface area contributed by atoms with Crippen molar-refractivity contribution in [1.29, 1.82) is 5.26 Å². The molecule has 0 aliphatic heterocycles. The van der Waals surface area contributed by atoms with Crippen LogP contribution in [0.15, 0.2) is 36.0 Å². The second-order valence-corrected chi connectivity index (χ2v) is 10.4. The molecule has 4 rings (SSSR count). The number of benzene rings is 1. The van der Waals surface area contributed by atoms with Crippen LogP contribution in [0.4, 0.5) is 5.00 Å². The zero-order valence-corrected chi connectivity index (χ0v) is 21.3. The van der Waals surface area contributed by atoms with Gasteiger partial charge in [-0.25, -0.2) is 0 Å².